The van der Waals surface area contributed by atoms with Crippen molar-refractivity contribution in [2.45, 2.75) is 0 Å². The van der Waals surface area contributed by atoms with Crippen molar-refractivity contribution in [2.24, 2.45) is 5.10 Å². The van der Waals surface area contributed by atoms with E-state index in [4.69, 9.17) is 11.2 Å². The highest BCUT2D eigenvalue weighted by atomic mass is 19.1. The van der Waals surface area contributed by atoms with Gasteiger partial charge in [-0.05, 0) is 36.4 Å². The Morgan fingerprint density at radius 1 is 1.27 bits per heavy atom. The second-order valence-electron chi connectivity index (χ2n) is 4.24. The number of hydrogen-bond donors (Lipinski definition) is 1. The first-order chi connectivity index (χ1) is 10.7. The Morgan fingerprint density at radius 2 is 2.00 bits per heavy atom. The lowest BCUT2D eigenvalue weighted by molar-refractivity contribution is 0.0955. The molecular formula is C17H13FN2O2. The van der Waals surface area contributed by atoms with E-state index in [9.17, 15) is 9.18 Å². The topological polar surface area (TPSA) is 50.7 Å². The molecule has 1 amide bonds. The number of amides is 1. The van der Waals surface area contributed by atoms with Crippen LogP contribution in [-0.4, -0.2) is 18.7 Å². The van der Waals surface area contributed by atoms with Crippen LogP contribution in [-0.2, 0) is 0 Å². The molecule has 22 heavy (non-hydrogen) atoms. The fraction of sp³-hybridized carbons (Fsp3) is 0.0588. The van der Waals surface area contributed by atoms with Gasteiger partial charge in [-0.2, -0.15) is 5.10 Å². The van der Waals surface area contributed by atoms with Crippen molar-refractivity contribution in [1.29, 1.82) is 0 Å². The van der Waals surface area contributed by atoms with E-state index in [0.29, 0.717) is 16.9 Å². The molecule has 0 saturated carbocycles. The maximum atomic E-state index is 12.8. The predicted octanol–water partition coefficient (Wildman–Crippen LogP) is 2.60. The Bertz CT molecular complexity index is 718. The molecule has 0 aliphatic carbocycles. The molecule has 0 spiro atoms. The fourth-order valence-corrected chi connectivity index (χ4v) is 1.66. The molecule has 0 radical (unpaired) electrons. The summed E-state index contributed by atoms with van der Waals surface area (Å²) in [7, 11) is 0. The normalized spacial score (nSPS) is 10.2. The lowest BCUT2D eigenvalue weighted by Crippen LogP contribution is -2.17. The van der Waals surface area contributed by atoms with Gasteiger partial charge in [0, 0.05) is 11.1 Å². The molecule has 2 aromatic carbocycles. The van der Waals surface area contributed by atoms with E-state index in [1.54, 1.807) is 18.2 Å². The molecule has 5 heteroatoms. The van der Waals surface area contributed by atoms with E-state index in [1.165, 1.54) is 30.5 Å². The van der Waals surface area contributed by atoms with Gasteiger partial charge < -0.3 is 4.74 Å². The monoisotopic (exact) mass is 296 g/mol. The van der Waals surface area contributed by atoms with Crippen molar-refractivity contribution in [1.82, 2.24) is 5.43 Å². The minimum absolute atomic E-state index is 0.146. The van der Waals surface area contributed by atoms with Gasteiger partial charge in [-0.25, -0.2) is 9.82 Å². The van der Waals surface area contributed by atoms with E-state index in [0.717, 1.165) is 0 Å². The van der Waals surface area contributed by atoms with Crippen molar-refractivity contribution in [3.63, 3.8) is 0 Å². The molecule has 0 aliphatic rings. The number of hydrazone groups is 1. The van der Waals surface area contributed by atoms with Crippen molar-refractivity contribution in [3.05, 3.63) is 65.5 Å². The van der Waals surface area contributed by atoms with Crippen LogP contribution in [0.5, 0.6) is 5.75 Å². The van der Waals surface area contributed by atoms with Gasteiger partial charge >= 0.3 is 0 Å². The molecule has 0 aromatic heterocycles. The number of halogens is 1. The lowest BCUT2D eigenvalue weighted by atomic mass is 10.2. The summed E-state index contributed by atoms with van der Waals surface area (Å²) in [5.41, 5.74) is 3.36. The van der Waals surface area contributed by atoms with E-state index in [1.807, 2.05) is 6.07 Å². The number of para-hydroxylation sites is 1. The minimum Gasteiger partial charge on any atom is -0.480 e. The third-order valence-corrected chi connectivity index (χ3v) is 2.71. The molecule has 2 aromatic rings. The zero-order valence-corrected chi connectivity index (χ0v) is 11.6. The molecule has 1 N–H and O–H groups in total. The van der Waals surface area contributed by atoms with Crippen molar-refractivity contribution >= 4 is 12.1 Å². The number of hydrogen-bond acceptors (Lipinski definition) is 3. The quantitative estimate of drug-likeness (QED) is 0.524. The van der Waals surface area contributed by atoms with Gasteiger partial charge in [-0.1, -0.05) is 18.1 Å². The van der Waals surface area contributed by atoms with Crippen LogP contribution in [0.15, 0.2) is 53.6 Å². The summed E-state index contributed by atoms with van der Waals surface area (Å²) in [4.78, 5) is 11.8. The zero-order chi connectivity index (χ0) is 15.8. The summed E-state index contributed by atoms with van der Waals surface area (Å²) in [5.74, 6) is 2.11. The summed E-state index contributed by atoms with van der Waals surface area (Å²) >= 11 is 0. The van der Waals surface area contributed by atoms with Crippen molar-refractivity contribution < 1.29 is 13.9 Å². The van der Waals surface area contributed by atoms with Gasteiger partial charge in [0.2, 0.25) is 0 Å². The van der Waals surface area contributed by atoms with Gasteiger partial charge in [0.25, 0.3) is 5.91 Å². The van der Waals surface area contributed by atoms with Crippen LogP contribution in [0.25, 0.3) is 0 Å². The Balaban J connectivity index is 2.02. The minimum atomic E-state index is -0.432. The molecule has 4 nitrogen and oxygen atoms in total. The molecule has 2 rings (SSSR count). The third-order valence-electron chi connectivity index (χ3n) is 2.71. The number of benzene rings is 2. The first-order valence-corrected chi connectivity index (χ1v) is 6.45. The molecule has 0 bridgehead atoms. The Labute approximate surface area is 127 Å². The number of ether oxygens (including phenoxy) is 1. The van der Waals surface area contributed by atoms with Gasteiger partial charge in [-0.15, -0.1) is 6.42 Å². The van der Waals surface area contributed by atoms with E-state index in [2.05, 4.69) is 16.4 Å². The highest BCUT2D eigenvalue weighted by molar-refractivity contribution is 5.95. The third kappa shape index (κ3) is 4.18. The number of rotatable bonds is 5. The Morgan fingerprint density at radius 3 is 2.73 bits per heavy atom. The van der Waals surface area contributed by atoms with E-state index in [-0.39, 0.29) is 6.61 Å². The summed E-state index contributed by atoms with van der Waals surface area (Å²) < 4.78 is 18.1. The van der Waals surface area contributed by atoms with Crippen LogP contribution in [0.3, 0.4) is 0 Å². The number of nitrogens with one attached hydrogen (secondary N) is 1. The summed E-state index contributed by atoms with van der Waals surface area (Å²) in [5, 5.41) is 3.86. The molecule has 0 fully saturated rings. The number of terminal acetylenes is 1. The largest absolute Gasteiger partial charge is 0.480 e. The van der Waals surface area contributed by atoms with E-state index >= 15 is 0 Å². The highest BCUT2D eigenvalue weighted by Gasteiger charge is 2.04. The van der Waals surface area contributed by atoms with Crippen molar-refractivity contribution in [2.75, 3.05) is 6.61 Å². The molecule has 110 valence electrons. The number of carbonyl (C=O) groups is 1. The van der Waals surface area contributed by atoms with Gasteiger partial charge in [-0.3, -0.25) is 4.79 Å². The molecule has 0 heterocycles. The van der Waals surface area contributed by atoms with Crippen LogP contribution >= 0.6 is 0 Å². The first kappa shape index (κ1) is 15.3. The maximum absolute atomic E-state index is 12.8. The highest BCUT2D eigenvalue weighted by Crippen LogP contribution is 2.15. The number of carbonyl (C=O) groups excluding carboxylic acids is 1. The van der Waals surface area contributed by atoms with Crippen LogP contribution in [0.4, 0.5) is 4.39 Å². The standard InChI is InChI=1S/C17H13FN2O2/c1-2-11-22-16-6-4-3-5-14(16)12-19-20-17(21)13-7-9-15(18)10-8-13/h1,3-10,12H,11H2,(H,20,21)/b19-12-. The van der Waals surface area contributed by atoms with Crippen LogP contribution < -0.4 is 10.2 Å². The summed E-state index contributed by atoms with van der Waals surface area (Å²) in [6.07, 6.45) is 6.60. The smallest absolute Gasteiger partial charge is 0.271 e. The first-order valence-electron chi connectivity index (χ1n) is 6.45. The predicted molar refractivity (Wildman–Crippen MR) is 82.2 cm³/mol. The average molecular weight is 296 g/mol. The van der Waals surface area contributed by atoms with Gasteiger partial charge in [0.1, 0.15) is 18.2 Å². The second kappa shape index (κ2) is 7.60. The van der Waals surface area contributed by atoms with Crippen LogP contribution in [0.1, 0.15) is 15.9 Å². The fourth-order valence-electron chi connectivity index (χ4n) is 1.66. The Kier molecular flexibility index (Phi) is 5.27. The summed E-state index contributed by atoms with van der Waals surface area (Å²) in [6.45, 7) is 0.146. The zero-order valence-electron chi connectivity index (χ0n) is 11.6. The molecule has 0 unspecified atom stereocenters. The van der Waals surface area contributed by atoms with Gasteiger partial charge in [0.15, 0.2) is 0 Å². The SMILES string of the molecule is C#CCOc1ccccc1/C=N\NC(=O)c1ccc(F)cc1. The molecular weight excluding hydrogens is 283 g/mol. The lowest BCUT2D eigenvalue weighted by Gasteiger charge is -2.05. The van der Waals surface area contributed by atoms with Crippen LogP contribution in [0.2, 0.25) is 0 Å². The Hall–Kier alpha value is -3.13. The summed E-state index contributed by atoms with van der Waals surface area (Å²) in [6, 6.07) is 12.3. The van der Waals surface area contributed by atoms with Crippen LogP contribution in [0, 0.1) is 18.2 Å². The van der Waals surface area contributed by atoms with Gasteiger partial charge in [0.05, 0.1) is 6.21 Å². The molecule has 0 aliphatic heterocycles. The maximum Gasteiger partial charge on any atom is 0.271 e. The van der Waals surface area contributed by atoms with E-state index < -0.39 is 11.7 Å². The average Bonchev–Trinajstić information content (AvgIpc) is 2.54. The second-order valence-corrected chi connectivity index (χ2v) is 4.24. The molecule has 0 atom stereocenters. The van der Waals surface area contributed by atoms with Crippen molar-refractivity contribution in [3.8, 4) is 18.1 Å². The molecule has 0 saturated heterocycles. The number of nitrogens with zero attached hydrogens (tertiary/aromatic N) is 1.